The number of fused-ring (bicyclic) bond motifs is 1. The van der Waals surface area contributed by atoms with Gasteiger partial charge in [0.1, 0.15) is 24.7 Å². The third-order valence-corrected chi connectivity index (χ3v) is 4.36. The van der Waals surface area contributed by atoms with Crippen LogP contribution in [0.2, 0.25) is 10.0 Å². The van der Waals surface area contributed by atoms with Crippen molar-refractivity contribution in [3.63, 3.8) is 0 Å². The minimum Gasteiger partial charge on any atom is -0.488 e. The van der Waals surface area contributed by atoms with Gasteiger partial charge in [-0.15, -0.1) is 0 Å². The summed E-state index contributed by atoms with van der Waals surface area (Å²) in [6, 6.07) is 10.1. The van der Waals surface area contributed by atoms with Crippen molar-refractivity contribution in [2.24, 2.45) is 0 Å². The van der Waals surface area contributed by atoms with Crippen LogP contribution in [0.25, 0.3) is 0 Å². The maximum Gasteiger partial charge on any atom is 0.344 e. The van der Waals surface area contributed by atoms with Crippen LogP contribution >= 0.6 is 23.2 Å². The van der Waals surface area contributed by atoms with Gasteiger partial charge in [0, 0.05) is 17.1 Å². The molecule has 142 valence electrons. The van der Waals surface area contributed by atoms with E-state index in [4.69, 9.17) is 37.4 Å². The Hall–Kier alpha value is -2.44. The van der Waals surface area contributed by atoms with Crippen LogP contribution < -0.4 is 14.8 Å². The van der Waals surface area contributed by atoms with Crippen molar-refractivity contribution in [3.05, 3.63) is 52.0 Å². The molecule has 0 aromatic heterocycles. The van der Waals surface area contributed by atoms with Crippen molar-refractivity contribution in [1.82, 2.24) is 0 Å². The van der Waals surface area contributed by atoms with Gasteiger partial charge in [-0.3, -0.25) is 4.79 Å². The summed E-state index contributed by atoms with van der Waals surface area (Å²) in [7, 11) is 0. The first-order valence-electron chi connectivity index (χ1n) is 8.30. The monoisotopic (exact) mass is 409 g/mol. The van der Waals surface area contributed by atoms with Crippen LogP contribution in [0.1, 0.15) is 12.0 Å². The van der Waals surface area contributed by atoms with Gasteiger partial charge in [-0.05, 0) is 48.4 Å². The highest BCUT2D eigenvalue weighted by Gasteiger charge is 2.15. The molecular formula is C19H17Cl2NO5. The van der Waals surface area contributed by atoms with Crippen LogP contribution in [0.15, 0.2) is 36.4 Å². The maximum atomic E-state index is 11.8. The van der Waals surface area contributed by atoms with E-state index in [9.17, 15) is 9.59 Å². The second kappa shape index (κ2) is 8.97. The minimum atomic E-state index is -0.508. The van der Waals surface area contributed by atoms with Crippen molar-refractivity contribution in [2.75, 3.05) is 25.1 Å². The highest BCUT2D eigenvalue weighted by atomic mass is 35.5. The lowest BCUT2D eigenvalue weighted by Crippen LogP contribution is -2.20. The summed E-state index contributed by atoms with van der Waals surface area (Å²) in [5, 5.41) is 3.69. The Morgan fingerprint density at radius 2 is 1.89 bits per heavy atom. The number of ether oxygens (including phenoxy) is 3. The Kier molecular flexibility index (Phi) is 6.42. The summed E-state index contributed by atoms with van der Waals surface area (Å²) in [5.41, 5.74) is 1.76. The van der Waals surface area contributed by atoms with Crippen LogP contribution in [-0.2, 0) is 20.7 Å². The largest absolute Gasteiger partial charge is 0.488 e. The van der Waals surface area contributed by atoms with Gasteiger partial charge in [-0.2, -0.15) is 0 Å². The predicted molar refractivity (Wildman–Crippen MR) is 102 cm³/mol. The number of anilines is 1. The average Bonchev–Trinajstić information content (AvgIpc) is 2.65. The lowest BCUT2D eigenvalue weighted by molar-refractivity contribution is -0.146. The Bertz CT molecular complexity index is 856. The van der Waals surface area contributed by atoms with E-state index in [-0.39, 0.29) is 25.7 Å². The number of carbonyl (C=O) groups excluding carboxylic acids is 2. The lowest BCUT2D eigenvalue weighted by atomic mass is 10.0. The molecule has 0 fully saturated rings. The summed E-state index contributed by atoms with van der Waals surface area (Å²) in [5.74, 6) is 0.509. The van der Waals surface area contributed by atoms with E-state index < -0.39 is 5.97 Å². The Morgan fingerprint density at radius 1 is 1.04 bits per heavy atom. The molecule has 1 amide bonds. The molecule has 1 N–H and O–H groups in total. The van der Waals surface area contributed by atoms with Gasteiger partial charge in [-0.25, -0.2) is 4.79 Å². The van der Waals surface area contributed by atoms with Crippen molar-refractivity contribution < 1.29 is 23.8 Å². The predicted octanol–water partition coefficient (Wildman–Crippen LogP) is 3.88. The number of amides is 1. The number of halogens is 2. The molecule has 8 heteroatoms. The lowest BCUT2D eigenvalue weighted by Gasteiger charge is -2.17. The molecule has 0 radical (unpaired) electrons. The smallest absolute Gasteiger partial charge is 0.344 e. The van der Waals surface area contributed by atoms with Gasteiger partial charge in [0.15, 0.2) is 6.61 Å². The summed E-state index contributed by atoms with van der Waals surface area (Å²) < 4.78 is 15.9. The number of nitrogens with one attached hydrogen (secondary N) is 1. The molecule has 6 nitrogen and oxygen atoms in total. The van der Waals surface area contributed by atoms with Gasteiger partial charge >= 0.3 is 5.97 Å². The van der Waals surface area contributed by atoms with E-state index in [1.807, 2.05) is 6.07 Å². The molecule has 0 aliphatic carbocycles. The Labute approximate surface area is 166 Å². The second-order valence-corrected chi connectivity index (χ2v) is 6.64. The van der Waals surface area contributed by atoms with Gasteiger partial charge in [0.05, 0.1) is 5.02 Å². The number of hydrogen-bond acceptors (Lipinski definition) is 5. The Balaban J connectivity index is 1.39. The minimum absolute atomic E-state index is 0.00172. The van der Waals surface area contributed by atoms with E-state index >= 15 is 0 Å². The van der Waals surface area contributed by atoms with E-state index in [2.05, 4.69) is 5.32 Å². The van der Waals surface area contributed by atoms with E-state index in [1.54, 1.807) is 30.3 Å². The second-order valence-electron chi connectivity index (χ2n) is 5.80. The van der Waals surface area contributed by atoms with E-state index in [0.717, 1.165) is 11.3 Å². The van der Waals surface area contributed by atoms with Gasteiger partial charge in [-0.1, -0.05) is 23.2 Å². The molecule has 0 saturated heterocycles. The van der Waals surface area contributed by atoms with Crippen molar-refractivity contribution in [2.45, 2.75) is 12.8 Å². The first-order chi connectivity index (χ1) is 13.0. The molecule has 27 heavy (non-hydrogen) atoms. The highest BCUT2D eigenvalue weighted by molar-refractivity contribution is 6.35. The van der Waals surface area contributed by atoms with Crippen molar-refractivity contribution in [1.29, 1.82) is 0 Å². The summed E-state index contributed by atoms with van der Waals surface area (Å²) in [6.45, 7) is 0.00977. The van der Waals surface area contributed by atoms with Gasteiger partial charge < -0.3 is 19.5 Å². The Morgan fingerprint density at radius 3 is 2.70 bits per heavy atom. The maximum absolute atomic E-state index is 11.8. The van der Waals surface area contributed by atoms with Crippen molar-refractivity contribution in [3.8, 4) is 11.5 Å². The summed E-state index contributed by atoms with van der Waals surface area (Å²) >= 11 is 11.8. The zero-order chi connectivity index (χ0) is 19.2. The zero-order valence-corrected chi connectivity index (χ0v) is 15.8. The molecule has 1 aliphatic heterocycles. The summed E-state index contributed by atoms with van der Waals surface area (Å²) in [4.78, 5) is 23.1. The SMILES string of the molecule is O=C1CCc2cc(OCC(=O)OCCOc3ccc(Cl)cc3Cl)ccc2N1. The molecule has 0 bridgehead atoms. The first-order valence-corrected chi connectivity index (χ1v) is 9.06. The van der Waals surface area contributed by atoms with Crippen LogP contribution in [-0.4, -0.2) is 31.7 Å². The molecular weight excluding hydrogens is 393 g/mol. The van der Waals surface area contributed by atoms with Crippen LogP contribution in [0.5, 0.6) is 11.5 Å². The zero-order valence-electron chi connectivity index (χ0n) is 14.3. The van der Waals surface area contributed by atoms with Crippen LogP contribution in [0.4, 0.5) is 5.69 Å². The van der Waals surface area contributed by atoms with Crippen LogP contribution in [0.3, 0.4) is 0 Å². The van der Waals surface area contributed by atoms with Gasteiger partial charge in [0.25, 0.3) is 0 Å². The molecule has 2 aromatic carbocycles. The number of rotatable bonds is 7. The fraction of sp³-hybridized carbons (Fsp3) is 0.263. The molecule has 1 aliphatic rings. The standard InChI is InChI=1S/C19H17Cl2NO5/c20-13-2-5-17(15(21)10-13)25-7-8-26-19(24)11-27-14-3-4-16-12(9-14)1-6-18(23)22-16/h2-5,9-10H,1,6-8,11H2,(H,22,23). The highest BCUT2D eigenvalue weighted by Crippen LogP contribution is 2.28. The molecule has 0 unspecified atom stereocenters. The molecule has 1 heterocycles. The molecule has 0 spiro atoms. The van der Waals surface area contributed by atoms with E-state index in [0.29, 0.717) is 34.4 Å². The fourth-order valence-corrected chi connectivity index (χ4v) is 3.00. The fourth-order valence-electron chi connectivity index (χ4n) is 2.53. The van der Waals surface area contributed by atoms with E-state index in [1.165, 1.54) is 0 Å². The van der Waals surface area contributed by atoms with Crippen molar-refractivity contribution >= 4 is 40.8 Å². The number of hydrogen-bond donors (Lipinski definition) is 1. The molecule has 3 rings (SSSR count). The summed E-state index contributed by atoms with van der Waals surface area (Å²) in [6.07, 6.45) is 1.09. The molecule has 2 aromatic rings. The normalized spacial score (nSPS) is 12.7. The quantitative estimate of drug-likeness (QED) is 0.554. The first kappa shape index (κ1) is 19.3. The van der Waals surface area contributed by atoms with Gasteiger partial charge in [0.2, 0.25) is 5.91 Å². The molecule has 0 saturated carbocycles. The van der Waals surface area contributed by atoms with Crippen LogP contribution in [0, 0.1) is 0 Å². The third-order valence-electron chi connectivity index (χ3n) is 3.83. The number of aryl methyl sites for hydroxylation is 1. The average molecular weight is 410 g/mol. The number of carbonyl (C=O) groups is 2. The number of benzene rings is 2. The number of esters is 1. The molecule has 0 atom stereocenters. The third kappa shape index (κ3) is 5.52. The topological polar surface area (TPSA) is 73.9 Å².